The van der Waals surface area contributed by atoms with E-state index in [1.807, 2.05) is 0 Å². The van der Waals surface area contributed by atoms with Crippen molar-refractivity contribution in [3.63, 3.8) is 0 Å². The molecule has 0 fully saturated rings. The van der Waals surface area contributed by atoms with Crippen molar-refractivity contribution in [2.45, 2.75) is 24.3 Å². The lowest BCUT2D eigenvalue weighted by Crippen LogP contribution is -2.46. The molecule has 116 valence electrons. The van der Waals surface area contributed by atoms with Crippen LogP contribution in [0.4, 0.5) is 5.69 Å². The van der Waals surface area contributed by atoms with Gasteiger partial charge in [-0.15, -0.1) is 0 Å². The SMILES string of the molecule is CC(C)(CO)NC(=O)c1ccc([N+](=O)[O-])c(S(C)(=O)=O)c1. The van der Waals surface area contributed by atoms with E-state index in [4.69, 9.17) is 5.11 Å². The van der Waals surface area contributed by atoms with Gasteiger partial charge in [0.15, 0.2) is 9.84 Å². The second-order valence-corrected chi connectivity index (χ2v) is 7.19. The highest BCUT2D eigenvalue weighted by molar-refractivity contribution is 7.90. The molecule has 1 amide bonds. The lowest BCUT2D eigenvalue weighted by atomic mass is 10.1. The van der Waals surface area contributed by atoms with Crippen molar-refractivity contribution in [1.82, 2.24) is 5.32 Å². The molecular weight excluding hydrogens is 300 g/mol. The van der Waals surface area contributed by atoms with Crippen molar-refractivity contribution >= 4 is 21.4 Å². The maximum Gasteiger partial charge on any atom is 0.288 e. The molecule has 0 saturated carbocycles. The van der Waals surface area contributed by atoms with Gasteiger partial charge in [0.1, 0.15) is 4.90 Å². The molecule has 1 aromatic rings. The molecule has 0 aliphatic rings. The first kappa shape index (κ1) is 17.1. The summed E-state index contributed by atoms with van der Waals surface area (Å²) in [5.74, 6) is -0.631. The summed E-state index contributed by atoms with van der Waals surface area (Å²) in [6.45, 7) is 2.84. The first-order valence-corrected chi connectivity index (χ1v) is 7.79. The number of hydrogen-bond donors (Lipinski definition) is 2. The Morgan fingerprint density at radius 1 is 1.43 bits per heavy atom. The van der Waals surface area contributed by atoms with Crippen molar-refractivity contribution in [1.29, 1.82) is 0 Å². The van der Waals surface area contributed by atoms with Gasteiger partial charge in [-0.05, 0) is 26.0 Å². The third-order valence-corrected chi connectivity index (χ3v) is 3.79. The first-order valence-electron chi connectivity index (χ1n) is 5.90. The van der Waals surface area contributed by atoms with Crippen molar-refractivity contribution in [2.24, 2.45) is 0 Å². The van der Waals surface area contributed by atoms with Gasteiger partial charge in [0, 0.05) is 17.9 Å². The van der Waals surface area contributed by atoms with Gasteiger partial charge in [0.25, 0.3) is 11.6 Å². The average molecular weight is 316 g/mol. The highest BCUT2D eigenvalue weighted by Gasteiger charge is 2.26. The second kappa shape index (κ2) is 5.78. The maximum atomic E-state index is 12.0. The Hall–Kier alpha value is -2.00. The quantitative estimate of drug-likeness (QED) is 0.601. The van der Waals surface area contributed by atoms with E-state index in [9.17, 15) is 23.3 Å². The number of nitro groups is 1. The number of carbonyl (C=O) groups is 1. The Morgan fingerprint density at radius 2 is 2.00 bits per heavy atom. The zero-order valence-corrected chi connectivity index (χ0v) is 12.6. The fourth-order valence-electron chi connectivity index (χ4n) is 1.52. The molecule has 0 atom stereocenters. The normalized spacial score (nSPS) is 12.0. The van der Waals surface area contributed by atoms with Gasteiger partial charge < -0.3 is 10.4 Å². The van der Waals surface area contributed by atoms with Gasteiger partial charge in [-0.25, -0.2) is 8.42 Å². The number of carbonyl (C=O) groups excluding carboxylic acids is 1. The van der Waals surface area contributed by atoms with Crippen molar-refractivity contribution in [3.8, 4) is 0 Å². The molecule has 0 aromatic heterocycles. The third kappa shape index (κ3) is 4.23. The molecular formula is C12H16N2O6S. The summed E-state index contributed by atoms with van der Waals surface area (Å²) >= 11 is 0. The fraction of sp³-hybridized carbons (Fsp3) is 0.417. The van der Waals surface area contributed by atoms with Crippen molar-refractivity contribution < 1.29 is 23.2 Å². The minimum atomic E-state index is -3.85. The number of nitrogens with one attached hydrogen (secondary N) is 1. The van der Waals surface area contributed by atoms with E-state index in [2.05, 4.69) is 5.32 Å². The Morgan fingerprint density at radius 3 is 2.43 bits per heavy atom. The topological polar surface area (TPSA) is 127 Å². The van der Waals surface area contributed by atoms with Crippen molar-refractivity contribution in [2.75, 3.05) is 12.9 Å². The molecule has 1 aromatic carbocycles. The van der Waals surface area contributed by atoms with E-state index >= 15 is 0 Å². The number of hydrogen-bond acceptors (Lipinski definition) is 6. The molecule has 0 unspecified atom stereocenters. The molecule has 0 heterocycles. The Balaban J connectivity index is 3.30. The zero-order chi connectivity index (χ0) is 16.4. The smallest absolute Gasteiger partial charge is 0.288 e. The van der Waals surface area contributed by atoms with E-state index in [0.717, 1.165) is 24.5 Å². The van der Waals surface area contributed by atoms with Crippen LogP contribution in [-0.2, 0) is 9.84 Å². The number of benzene rings is 1. The van der Waals surface area contributed by atoms with Gasteiger partial charge in [-0.2, -0.15) is 0 Å². The Bertz CT molecular complexity index is 681. The molecule has 0 saturated heterocycles. The number of rotatable bonds is 5. The average Bonchev–Trinajstić information content (AvgIpc) is 2.36. The molecule has 8 nitrogen and oxygen atoms in total. The number of nitrogens with zero attached hydrogens (tertiary/aromatic N) is 1. The fourth-order valence-corrected chi connectivity index (χ4v) is 2.39. The second-order valence-electron chi connectivity index (χ2n) is 5.21. The summed E-state index contributed by atoms with van der Waals surface area (Å²) < 4.78 is 23.2. The number of sulfone groups is 1. The van der Waals surface area contributed by atoms with Gasteiger partial charge >= 0.3 is 0 Å². The predicted octanol–water partition coefficient (Wildman–Crippen LogP) is 0.499. The maximum absolute atomic E-state index is 12.0. The highest BCUT2D eigenvalue weighted by Crippen LogP contribution is 2.25. The van der Waals surface area contributed by atoms with Crippen LogP contribution in [0.15, 0.2) is 23.1 Å². The van der Waals surface area contributed by atoms with Crippen LogP contribution >= 0.6 is 0 Å². The van der Waals surface area contributed by atoms with Crippen LogP contribution in [0.2, 0.25) is 0 Å². The van der Waals surface area contributed by atoms with E-state index in [1.54, 1.807) is 13.8 Å². The number of aliphatic hydroxyl groups is 1. The van der Waals surface area contributed by atoms with E-state index < -0.39 is 36.8 Å². The number of nitro benzene ring substituents is 1. The van der Waals surface area contributed by atoms with E-state index in [0.29, 0.717) is 0 Å². The lowest BCUT2D eigenvalue weighted by molar-refractivity contribution is -0.387. The van der Waals surface area contributed by atoms with Gasteiger partial charge in [-0.3, -0.25) is 14.9 Å². The number of aliphatic hydroxyl groups excluding tert-OH is 1. The third-order valence-electron chi connectivity index (χ3n) is 2.67. The minimum absolute atomic E-state index is 0.0393. The van der Waals surface area contributed by atoms with Gasteiger partial charge in [0.05, 0.1) is 17.1 Å². The molecule has 1 rings (SSSR count). The van der Waals surface area contributed by atoms with Crippen LogP contribution < -0.4 is 5.32 Å². The van der Waals surface area contributed by atoms with Gasteiger partial charge in [-0.1, -0.05) is 0 Å². The highest BCUT2D eigenvalue weighted by atomic mass is 32.2. The molecule has 0 radical (unpaired) electrons. The van der Waals surface area contributed by atoms with Crippen LogP contribution in [0.3, 0.4) is 0 Å². The minimum Gasteiger partial charge on any atom is -0.394 e. The predicted molar refractivity (Wildman–Crippen MR) is 74.8 cm³/mol. The number of amides is 1. The molecule has 21 heavy (non-hydrogen) atoms. The van der Waals surface area contributed by atoms with Crippen molar-refractivity contribution in [3.05, 3.63) is 33.9 Å². The largest absolute Gasteiger partial charge is 0.394 e. The molecule has 0 spiro atoms. The summed E-state index contributed by atoms with van der Waals surface area (Å²) in [7, 11) is -3.85. The Labute approximate surface area is 121 Å². The molecule has 2 N–H and O–H groups in total. The molecule has 0 aliphatic carbocycles. The summed E-state index contributed by atoms with van der Waals surface area (Å²) in [6, 6.07) is 3.09. The molecule has 9 heteroatoms. The van der Waals surface area contributed by atoms with Crippen LogP contribution in [0.1, 0.15) is 24.2 Å². The lowest BCUT2D eigenvalue weighted by Gasteiger charge is -2.23. The Kier molecular flexibility index (Phi) is 4.69. The monoisotopic (exact) mass is 316 g/mol. The van der Waals surface area contributed by atoms with Crippen LogP contribution in [0, 0.1) is 10.1 Å². The van der Waals surface area contributed by atoms with Crippen LogP contribution in [-0.4, -0.2) is 42.8 Å². The summed E-state index contributed by atoms with van der Waals surface area (Å²) in [4.78, 5) is 21.5. The zero-order valence-electron chi connectivity index (χ0n) is 11.8. The summed E-state index contributed by atoms with van der Waals surface area (Å²) in [5, 5.41) is 22.4. The van der Waals surface area contributed by atoms with Crippen LogP contribution in [0.25, 0.3) is 0 Å². The van der Waals surface area contributed by atoms with E-state index in [-0.39, 0.29) is 12.2 Å². The standard InChI is InChI=1S/C12H16N2O6S/c1-12(2,7-15)13-11(16)8-4-5-9(14(17)18)10(6-8)21(3,19)20/h4-6,15H,7H2,1-3H3,(H,13,16). The summed E-state index contributed by atoms with van der Waals surface area (Å²) in [5.41, 5.74) is -1.53. The molecule has 0 aliphatic heterocycles. The molecule has 0 bridgehead atoms. The van der Waals surface area contributed by atoms with E-state index in [1.165, 1.54) is 0 Å². The van der Waals surface area contributed by atoms with Gasteiger partial charge in [0.2, 0.25) is 0 Å². The summed E-state index contributed by atoms with van der Waals surface area (Å²) in [6.07, 6.45) is 0.828. The van der Waals surface area contributed by atoms with Crippen LogP contribution in [0.5, 0.6) is 0 Å². The first-order chi connectivity index (χ1) is 9.48.